The van der Waals surface area contributed by atoms with Gasteiger partial charge in [-0.2, -0.15) is 0 Å². The number of aliphatic hydroxyl groups is 1. The third kappa shape index (κ3) is 2.17. The molecular weight excluding hydrogens is 226 g/mol. The van der Waals surface area contributed by atoms with Gasteiger partial charge in [-0.25, -0.2) is 0 Å². The highest BCUT2D eigenvalue weighted by molar-refractivity contribution is 7.71. The summed E-state index contributed by atoms with van der Waals surface area (Å²) in [6.07, 6.45) is 3.80. The van der Waals surface area contributed by atoms with Crippen LogP contribution in [0.2, 0.25) is 0 Å². The summed E-state index contributed by atoms with van der Waals surface area (Å²) in [5.41, 5.74) is 0.651. The Morgan fingerprint density at radius 2 is 2.19 bits per heavy atom. The average molecular weight is 241 g/mol. The number of H-pyrrole nitrogens is 1. The predicted octanol–water partition coefficient (Wildman–Crippen LogP) is 0.660. The van der Waals surface area contributed by atoms with Gasteiger partial charge in [-0.15, -0.1) is 0 Å². The SMILES string of the molecule is O=C(Cn1c(CO)c[nH]c1=S)N1CCCC1. The van der Waals surface area contributed by atoms with Gasteiger partial charge in [0.1, 0.15) is 6.54 Å². The minimum Gasteiger partial charge on any atom is -0.390 e. The molecule has 0 saturated carbocycles. The Balaban J connectivity index is 2.10. The largest absolute Gasteiger partial charge is 0.390 e. The van der Waals surface area contributed by atoms with Crippen LogP contribution in [0, 0.1) is 4.77 Å². The number of nitrogens with one attached hydrogen (secondary N) is 1. The van der Waals surface area contributed by atoms with Crippen molar-refractivity contribution >= 4 is 18.1 Å². The van der Waals surface area contributed by atoms with Gasteiger partial charge in [-0.05, 0) is 25.1 Å². The second-order valence-corrected chi connectivity index (χ2v) is 4.30. The molecular formula is C10H15N3O2S. The van der Waals surface area contributed by atoms with Gasteiger partial charge >= 0.3 is 0 Å². The number of likely N-dealkylation sites (tertiary alicyclic amines) is 1. The molecule has 1 saturated heterocycles. The number of aromatic amines is 1. The summed E-state index contributed by atoms with van der Waals surface area (Å²) in [6, 6.07) is 0. The maximum atomic E-state index is 11.9. The molecule has 2 rings (SSSR count). The van der Waals surface area contributed by atoms with E-state index in [9.17, 15) is 4.79 Å². The Labute approximate surface area is 98.7 Å². The van der Waals surface area contributed by atoms with Crippen molar-refractivity contribution in [1.82, 2.24) is 14.5 Å². The third-order valence-electron chi connectivity index (χ3n) is 2.87. The van der Waals surface area contributed by atoms with Gasteiger partial charge in [0.05, 0.1) is 12.3 Å². The summed E-state index contributed by atoms with van der Waals surface area (Å²) < 4.78 is 2.13. The number of carbonyl (C=O) groups excluding carboxylic acids is 1. The van der Waals surface area contributed by atoms with Gasteiger partial charge in [0.15, 0.2) is 4.77 Å². The van der Waals surface area contributed by atoms with E-state index < -0.39 is 0 Å². The number of aliphatic hydroxyl groups excluding tert-OH is 1. The Hall–Kier alpha value is -1.14. The van der Waals surface area contributed by atoms with Crippen LogP contribution in [0.25, 0.3) is 0 Å². The zero-order valence-corrected chi connectivity index (χ0v) is 9.79. The van der Waals surface area contributed by atoms with E-state index in [0.717, 1.165) is 25.9 Å². The number of amides is 1. The van der Waals surface area contributed by atoms with Crippen LogP contribution in [0.3, 0.4) is 0 Å². The average Bonchev–Trinajstić information content (AvgIpc) is 2.89. The van der Waals surface area contributed by atoms with Gasteiger partial charge in [0, 0.05) is 19.3 Å². The van der Waals surface area contributed by atoms with E-state index in [0.29, 0.717) is 10.5 Å². The first-order chi connectivity index (χ1) is 7.72. The second kappa shape index (κ2) is 4.80. The summed E-state index contributed by atoms with van der Waals surface area (Å²) in [5, 5.41) is 9.10. The first kappa shape index (κ1) is 11.3. The highest BCUT2D eigenvalue weighted by Gasteiger charge is 2.19. The summed E-state index contributed by atoms with van der Waals surface area (Å²) >= 11 is 5.06. The minimum atomic E-state index is -0.111. The van der Waals surface area contributed by atoms with Crippen LogP contribution < -0.4 is 0 Å². The molecule has 2 heterocycles. The van der Waals surface area contributed by atoms with Crippen molar-refractivity contribution in [2.75, 3.05) is 13.1 Å². The Bertz CT molecular complexity index is 432. The second-order valence-electron chi connectivity index (χ2n) is 3.92. The van der Waals surface area contributed by atoms with Crippen LogP contribution in [0.5, 0.6) is 0 Å². The summed E-state index contributed by atoms with van der Waals surface area (Å²) in [6.45, 7) is 1.79. The van der Waals surface area contributed by atoms with Crippen LogP contribution in [0.1, 0.15) is 18.5 Å². The van der Waals surface area contributed by atoms with Crippen LogP contribution in [0.15, 0.2) is 6.20 Å². The van der Waals surface area contributed by atoms with Crippen LogP contribution in [-0.4, -0.2) is 38.6 Å². The molecule has 5 nitrogen and oxygen atoms in total. The van der Waals surface area contributed by atoms with Crippen molar-refractivity contribution in [3.8, 4) is 0 Å². The Morgan fingerprint density at radius 3 is 2.81 bits per heavy atom. The summed E-state index contributed by atoms with van der Waals surface area (Å²) in [5.74, 6) is 0.0721. The van der Waals surface area contributed by atoms with Crippen LogP contribution in [0.4, 0.5) is 0 Å². The molecule has 6 heteroatoms. The van der Waals surface area contributed by atoms with Gasteiger partial charge in [0.2, 0.25) is 5.91 Å². The van der Waals surface area contributed by atoms with Crippen molar-refractivity contribution in [2.45, 2.75) is 26.0 Å². The van der Waals surface area contributed by atoms with E-state index in [2.05, 4.69) is 4.98 Å². The molecule has 1 amide bonds. The van der Waals surface area contributed by atoms with E-state index in [1.54, 1.807) is 10.8 Å². The fourth-order valence-electron chi connectivity index (χ4n) is 1.94. The predicted molar refractivity (Wildman–Crippen MR) is 61.4 cm³/mol. The van der Waals surface area contributed by atoms with E-state index in [1.807, 2.05) is 4.90 Å². The number of imidazole rings is 1. The maximum absolute atomic E-state index is 11.9. The molecule has 0 aliphatic carbocycles. The number of nitrogens with zero attached hydrogens (tertiary/aromatic N) is 2. The fraction of sp³-hybridized carbons (Fsp3) is 0.600. The van der Waals surface area contributed by atoms with E-state index >= 15 is 0 Å². The first-order valence-electron chi connectivity index (χ1n) is 5.38. The van der Waals surface area contributed by atoms with Crippen molar-refractivity contribution < 1.29 is 9.90 Å². The van der Waals surface area contributed by atoms with Crippen molar-refractivity contribution in [1.29, 1.82) is 0 Å². The third-order valence-corrected chi connectivity index (χ3v) is 3.21. The van der Waals surface area contributed by atoms with E-state index in [-0.39, 0.29) is 19.1 Å². The van der Waals surface area contributed by atoms with E-state index in [4.69, 9.17) is 17.3 Å². The van der Waals surface area contributed by atoms with Crippen LogP contribution >= 0.6 is 12.2 Å². The van der Waals surface area contributed by atoms with Crippen molar-refractivity contribution in [2.24, 2.45) is 0 Å². The number of aromatic nitrogens is 2. The molecule has 0 spiro atoms. The molecule has 88 valence electrons. The zero-order chi connectivity index (χ0) is 11.5. The summed E-state index contributed by atoms with van der Waals surface area (Å²) in [4.78, 5) is 16.6. The lowest BCUT2D eigenvalue weighted by Gasteiger charge is -2.16. The number of hydrogen-bond donors (Lipinski definition) is 2. The van der Waals surface area contributed by atoms with Gasteiger partial charge in [0.25, 0.3) is 0 Å². The van der Waals surface area contributed by atoms with Crippen molar-refractivity contribution in [3.63, 3.8) is 0 Å². The molecule has 0 unspecified atom stereocenters. The highest BCUT2D eigenvalue weighted by Crippen LogP contribution is 2.09. The number of carbonyl (C=O) groups is 1. The molecule has 1 aliphatic rings. The molecule has 16 heavy (non-hydrogen) atoms. The molecule has 1 aliphatic heterocycles. The monoisotopic (exact) mass is 241 g/mol. The van der Waals surface area contributed by atoms with E-state index in [1.165, 1.54) is 0 Å². The van der Waals surface area contributed by atoms with Gasteiger partial charge in [-0.3, -0.25) is 4.79 Å². The Morgan fingerprint density at radius 1 is 1.50 bits per heavy atom. The molecule has 0 atom stereocenters. The quantitative estimate of drug-likeness (QED) is 0.764. The fourth-order valence-corrected chi connectivity index (χ4v) is 2.18. The molecule has 1 aromatic rings. The first-order valence-corrected chi connectivity index (χ1v) is 5.79. The lowest BCUT2D eigenvalue weighted by atomic mass is 10.4. The molecule has 2 N–H and O–H groups in total. The smallest absolute Gasteiger partial charge is 0.242 e. The molecule has 0 bridgehead atoms. The topological polar surface area (TPSA) is 61.3 Å². The van der Waals surface area contributed by atoms with Gasteiger partial charge in [-0.1, -0.05) is 0 Å². The highest BCUT2D eigenvalue weighted by atomic mass is 32.1. The molecule has 1 aromatic heterocycles. The van der Waals surface area contributed by atoms with Gasteiger partial charge < -0.3 is 19.6 Å². The minimum absolute atomic E-state index is 0.0721. The molecule has 0 radical (unpaired) electrons. The lowest BCUT2D eigenvalue weighted by Crippen LogP contribution is -2.31. The maximum Gasteiger partial charge on any atom is 0.242 e. The van der Waals surface area contributed by atoms with Crippen LogP contribution in [-0.2, 0) is 17.9 Å². The number of rotatable bonds is 3. The normalized spacial score (nSPS) is 15.7. The standard InChI is InChI=1S/C10H15N3O2S/c14-7-8-5-11-10(16)13(8)6-9(15)12-3-1-2-4-12/h5,14H,1-4,6-7H2,(H,11,16). The Kier molecular flexibility index (Phi) is 3.40. The summed E-state index contributed by atoms with van der Waals surface area (Å²) in [7, 11) is 0. The van der Waals surface area contributed by atoms with Crippen molar-refractivity contribution in [3.05, 3.63) is 16.7 Å². The molecule has 1 fully saturated rings. The lowest BCUT2D eigenvalue weighted by molar-refractivity contribution is -0.130. The number of hydrogen-bond acceptors (Lipinski definition) is 3. The zero-order valence-electron chi connectivity index (χ0n) is 8.98. The molecule has 0 aromatic carbocycles.